The molecule has 0 radical (unpaired) electrons. The summed E-state index contributed by atoms with van der Waals surface area (Å²) in [5, 5.41) is 7.68. The highest BCUT2D eigenvalue weighted by Gasteiger charge is 2.11. The summed E-state index contributed by atoms with van der Waals surface area (Å²) in [7, 11) is 0. The number of aromatic nitrogens is 4. The van der Waals surface area contributed by atoms with Gasteiger partial charge in [0.25, 0.3) is 5.78 Å². The predicted molar refractivity (Wildman–Crippen MR) is 96.1 cm³/mol. The number of rotatable bonds is 5. The maximum Gasteiger partial charge on any atom is 0.351 e. The minimum absolute atomic E-state index is 0.124. The summed E-state index contributed by atoms with van der Waals surface area (Å²) < 4.78 is 3.06. The highest BCUT2D eigenvalue weighted by molar-refractivity contribution is 5.60. The van der Waals surface area contributed by atoms with Gasteiger partial charge in [-0.1, -0.05) is 19.4 Å². The summed E-state index contributed by atoms with van der Waals surface area (Å²) in [5.74, 6) is 1.13. The van der Waals surface area contributed by atoms with Crippen molar-refractivity contribution in [3.8, 4) is 0 Å². The van der Waals surface area contributed by atoms with Gasteiger partial charge in [0.2, 0.25) is 0 Å². The van der Waals surface area contributed by atoms with Crippen molar-refractivity contribution in [1.29, 1.82) is 0 Å². The van der Waals surface area contributed by atoms with E-state index in [0.29, 0.717) is 18.1 Å². The van der Waals surface area contributed by atoms with Crippen LogP contribution in [0.2, 0.25) is 0 Å². The Morgan fingerprint density at radius 1 is 1.08 bits per heavy atom. The molecule has 0 aliphatic rings. The first-order valence-corrected chi connectivity index (χ1v) is 8.30. The summed E-state index contributed by atoms with van der Waals surface area (Å²) in [6.45, 7) is 8.74. The SMILES string of the molecule is CCCCn1nc2nc(Nc3cc(C)cc(C)c3)cc(C)n2c1=O. The standard InChI is InChI=1S/C18H23N5O/c1-5-6-7-22-18(24)23-14(4)11-16(20-17(23)21-22)19-15-9-12(2)8-13(3)10-15/h8-11H,5-7H2,1-4H3,(H,19,20,21). The van der Waals surface area contributed by atoms with Crippen LogP contribution in [0.3, 0.4) is 0 Å². The molecule has 1 N–H and O–H groups in total. The number of benzene rings is 1. The Bertz CT molecular complexity index is 918. The molecule has 0 atom stereocenters. The topological polar surface area (TPSA) is 64.2 Å². The molecule has 2 heterocycles. The van der Waals surface area contributed by atoms with E-state index in [9.17, 15) is 4.79 Å². The first-order chi connectivity index (χ1) is 11.5. The number of hydrogen-bond donors (Lipinski definition) is 1. The second kappa shape index (κ2) is 6.47. The number of anilines is 2. The van der Waals surface area contributed by atoms with Crippen molar-refractivity contribution in [1.82, 2.24) is 19.2 Å². The molecule has 126 valence electrons. The van der Waals surface area contributed by atoms with Gasteiger partial charge < -0.3 is 5.32 Å². The molecular formula is C18H23N5O. The average Bonchev–Trinajstić information content (AvgIpc) is 2.80. The van der Waals surface area contributed by atoms with Crippen molar-refractivity contribution < 1.29 is 0 Å². The number of nitrogens with one attached hydrogen (secondary N) is 1. The van der Waals surface area contributed by atoms with Crippen molar-refractivity contribution in [3.05, 3.63) is 51.6 Å². The molecule has 0 unspecified atom stereocenters. The Kier molecular flexibility index (Phi) is 4.38. The molecule has 24 heavy (non-hydrogen) atoms. The summed E-state index contributed by atoms with van der Waals surface area (Å²) >= 11 is 0. The van der Waals surface area contributed by atoms with Gasteiger partial charge in [-0.3, -0.25) is 0 Å². The Hall–Kier alpha value is -2.63. The lowest BCUT2D eigenvalue weighted by Crippen LogP contribution is -2.22. The van der Waals surface area contributed by atoms with Gasteiger partial charge in [-0.15, -0.1) is 5.10 Å². The van der Waals surface area contributed by atoms with Crippen molar-refractivity contribution in [2.75, 3.05) is 5.32 Å². The predicted octanol–water partition coefficient (Wildman–Crippen LogP) is 3.36. The molecule has 3 aromatic rings. The van der Waals surface area contributed by atoms with E-state index in [1.807, 2.05) is 13.0 Å². The van der Waals surface area contributed by atoms with Crippen LogP contribution in [0.4, 0.5) is 11.5 Å². The van der Waals surface area contributed by atoms with E-state index in [4.69, 9.17) is 0 Å². The van der Waals surface area contributed by atoms with Gasteiger partial charge in [0.1, 0.15) is 5.82 Å². The lowest BCUT2D eigenvalue weighted by Gasteiger charge is -2.09. The first kappa shape index (κ1) is 16.2. The van der Waals surface area contributed by atoms with E-state index >= 15 is 0 Å². The highest BCUT2D eigenvalue weighted by atomic mass is 16.2. The molecule has 0 bridgehead atoms. The van der Waals surface area contributed by atoms with Crippen LogP contribution in [0.15, 0.2) is 29.1 Å². The van der Waals surface area contributed by atoms with Crippen LogP contribution in [0.25, 0.3) is 5.78 Å². The number of nitrogens with zero attached hydrogens (tertiary/aromatic N) is 4. The third-order valence-electron chi connectivity index (χ3n) is 3.96. The van der Waals surface area contributed by atoms with Gasteiger partial charge in [0.15, 0.2) is 0 Å². The number of hydrogen-bond acceptors (Lipinski definition) is 4. The van der Waals surface area contributed by atoms with Crippen LogP contribution >= 0.6 is 0 Å². The van der Waals surface area contributed by atoms with E-state index in [1.54, 1.807) is 4.40 Å². The van der Waals surface area contributed by atoms with Crippen LogP contribution in [0.1, 0.15) is 36.6 Å². The van der Waals surface area contributed by atoms with Crippen LogP contribution < -0.4 is 11.0 Å². The minimum atomic E-state index is -0.124. The second-order valence-corrected chi connectivity index (χ2v) is 6.28. The van der Waals surface area contributed by atoms with E-state index < -0.39 is 0 Å². The fourth-order valence-corrected chi connectivity index (χ4v) is 2.89. The van der Waals surface area contributed by atoms with Crippen molar-refractivity contribution in [2.45, 2.75) is 47.1 Å². The largest absolute Gasteiger partial charge is 0.351 e. The molecule has 2 aromatic heterocycles. The van der Waals surface area contributed by atoms with Gasteiger partial charge in [-0.05, 0) is 50.5 Å². The summed E-state index contributed by atoms with van der Waals surface area (Å²) in [4.78, 5) is 16.9. The number of unbranched alkanes of at least 4 members (excludes halogenated alkanes) is 1. The third kappa shape index (κ3) is 3.18. The number of aryl methyl sites for hydroxylation is 4. The van der Waals surface area contributed by atoms with Crippen LogP contribution in [0.5, 0.6) is 0 Å². The molecule has 6 nitrogen and oxygen atoms in total. The van der Waals surface area contributed by atoms with Crippen LogP contribution in [-0.2, 0) is 6.54 Å². The molecule has 0 fully saturated rings. The maximum atomic E-state index is 12.4. The van der Waals surface area contributed by atoms with Crippen molar-refractivity contribution >= 4 is 17.3 Å². The molecule has 3 rings (SSSR count). The Balaban J connectivity index is 1.99. The Labute approximate surface area is 141 Å². The molecule has 0 aliphatic carbocycles. The lowest BCUT2D eigenvalue weighted by atomic mass is 10.1. The quantitative estimate of drug-likeness (QED) is 0.781. The molecular weight excluding hydrogens is 302 g/mol. The smallest absolute Gasteiger partial charge is 0.340 e. The second-order valence-electron chi connectivity index (χ2n) is 6.28. The average molecular weight is 325 g/mol. The fraction of sp³-hybridized carbons (Fsp3) is 0.389. The fourth-order valence-electron chi connectivity index (χ4n) is 2.89. The van der Waals surface area contributed by atoms with Gasteiger partial charge in [-0.2, -0.15) is 4.98 Å². The van der Waals surface area contributed by atoms with E-state index in [-0.39, 0.29) is 5.69 Å². The van der Waals surface area contributed by atoms with Crippen LogP contribution in [-0.4, -0.2) is 19.2 Å². The van der Waals surface area contributed by atoms with Gasteiger partial charge in [0, 0.05) is 24.0 Å². The van der Waals surface area contributed by atoms with Crippen molar-refractivity contribution in [3.63, 3.8) is 0 Å². The third-order valence-corrected chi connectivity index (χ3v) is 3.96. The molecule has 0 saturated carbocycles. The highest BCUT2D eigenvalue weighted by Crippen LogP contribution is 2.19. The Morgan fingerprint density at radius 3 is 2.46 bits per heavy atom. The minimum Gasteiger partial charge on any atom is -0.340 e. The molecule has 0 amide bonds. The summed E-state index contributed by atoms with van der Waals surface area (Å²) in [5.41, 5.74) is 4.06. The number of fused-ring (bicyclic) bond motifs is 1. The van der Waals surface area contributed by atoms with Crippen LogP contribution in [0, 0.1) is 20.8 Å². The molecule has 1 aromatic carbocycles. The van der Waals surface area contributed by atoms with E-state index in [2.05, 4.69) is 54.4 Å². The Morgan fingerprint density at radius 2 is 1.79 bits per heavy atom. The normalized spacial score (nSPS) is 11.2. The molecule has 0 aliphatic heterocycles. The first-order valence-electron chi connectivity index (χ1n) is 8.30. The zero-order valence-electron chi connectivity index (χ0n) is 14.6. The molecule has 6 heteroatoms. The van der Waals surface area contributed by atoms with Gasteiger partial charge >= 0.3 is 5.69 Å². The van der Waals surface area contributed by atoms with Gasteiger partial charge in [0.05, 0.1) is 0 Å². The molecule has 0 spiro atoms. The maximum absolute atomic E-state index is 12.4. The summed E-state index contributed by atoms with van der Waals surface area (Å²) in [6.07, 6.45) is 1.95. The zero-order chi connectivity index (χ0) is 17.3. The monoisotopic (exact) mass is 325 g/mol. The zero-order valence-corrected chi connectivity index (χ0v) is 14.6. The molecule has 0 saturated heterocycles. The van der Waals surface area contributed by atoms with Gasteiger partial charge in [-0.25, -0.2) is 13.9 Å². The lowest BCUT2D eigenvalue weighted by molar-refractivity contribution is 0.553. The van der Waals surface area contributed by atoms with E-state index in [0.717, 1.165) is 24.2 Å². The van der Waals surface area contributed by atoms with Crippen molar-refractivity contribution in [2.24, 2.45) is 0 Å². The summed E-state index contributed by atoms with van der Waals surface area (Å²) in [6, 6.07) is 8.14. The van der Waals surface area contributed by atoms with E-state index in [1.165, 1.54) is 15.8 Å².